The van der Waals surface area contributed by atoms with Gasteiger partial charge >= 0.3 is 6.01 Å². The Morgan fingerprint density at radius 2 is 0.722 bits per heavy atom. The number of methoxy groups -OCH3 is 2. The van der Waals surface area contributed by atoms with E-state index in [2.05, 4.69) is 76.9 Å². The highest BCUT2D eigenvalue weighted by molar-refractivity contribution is 5.79. The number of ether oxygens (including phenoxy) is 2. The van der Waals surface area contributed by atoms with Gasteiger partial charge in [-0.05, 0) is 158 Å². The number of pyridine rings is 1. The van der Waals surface area contributed by atoms with Crippen molar-refractivity contribution in [1.29, 1.82) is 0 Å². The zero-order valence-corrected chi connectivity index (χ0v) is 58.8. The number of halogens is 6. The first-order valence-electron chi connectivity index (χ1n) is 34.5. The van der Waals surface area contributed by atoms with Crippen LogP contribution in [-0.2, 0) is 40.4 Å². The summed E-state index contributed by atoms with van der Waals surface area (Å²) < 4.78 is 95.5. The Hall–Kier alpha value is -13.0. The van der Waals surface area contributed by atoms with Crippen LogP contribution in [-0.4, -0.2) is 199 Å². The first-order chi connectivity index (χ1) is 52.5. The third-order valence-corrected chi connectivity index (χ3v) is 18.1. The standard InChI is InChI=1S/C26H25F2N7O.C26H24F2N6O2.C24H22F2N8O2/c1-2-22-15-23(30-17-29-22)33-11-13-34(14-12-33)24(36)16-35-26(19-5-9-21(28)10-6-19)31-25(32-35)18-3-7-20(27)8-4-18;1-36-23-16-22(10-11-29-23)32-12-14-33(15-13-32)24(35)17-34-26(19-4-8-21(28)9-5-19)30-25(31-34)18-2-6-20(27)7-3-18;1-36-24-28-15-27-23(30-24)33-12-10-32(11-13-33)20(35)14-34-22(17-4-8-19(26)9-5-17)29-21(31-34)16-2-6-18(25)7-3-16/h3-10,15,17H,2,11-14,16H2,1H3;2-11,16H,12-15,17H2,1H3;2-9,15H,10-14H2,1H3. The first kappa shape index (κ1) is 73.3. The maximum atomic E-state index is 13.5. The lowest BCUT2D eigenvalue weighted by Gasteiger charge is -2.36. The molecule has 3 saturated heterocycles. The van der Waals surface area contributed by atoms with Gasteiger partial charge in [0.15, 0.2) is 34.9 Å². The summed E-state index contributed by atoms with van der Waals surface area (Å²) in [4.78, 5) is 90.1. The molecule has 0 unspecified atom stereocenters. The van der Waals surface area contributed by atoms with Crippen molar-refractivity contribution in [2.45, 2.75) is 33.0 Å². The van der Waals surface area contributed by atoms with E-state index in [1.54, 1.807) is 107 Å². The molecule has 3 amide bonds. The minimum atomic E-state index is -0.381. The van der Waals surface area contributed by atoms with Crippen LogP contribution in [0.3, 0.4) is 0 Å². The van der Waals surface area contributed by atoms with Gasteiger partial charge in [0.2, 0.25) is 29.5 Å². The minimum absolute atomic E-state index is 0.0195. The van der Waals surface area contributed by atoms with Gasteiger partial charge in [-0.25, -0.2) is 75.3 Å². The molecule has 0 aliphatic carbocycles. The summed E-state index contributed by atoms with van der Waals surface area (Å²) in [6, 6.07) is 41.0. The van der Waals surface area contributed by atoms with Gasteiger partial charge in [0.25, 0.3) is 0 Å². The Morgan fingerprint density at radius 1 is 0.370 bits per heavy atom. The van der Waals surface area contributed by atoms with Crippen LogP contribution in [0.5, 0.6) is 11.9 Å². The van der Waals surface area contributed by atoms with Crippen molar-refractivity contribution in [2.75, 3.05) is 107 Å². The summed E-state index contributed by atoms with van der Waals surface area (Å²) in [6.07, 6.45) is 5.50. The van der Waals surface area contributed by atoms with Crippen molar-refractivity contribution >= 4 is 35.2 Å². The number of rotatable bonds is 18. The number of aryl methyl sites for hydroxylation is 1. The summed E-state index contributed by atoms with van der Waals surface area (Å²) in [7, 11) is 3.07. The molecule has 0 N–H and O–H groups in total. The molecule has 108 heavy (non-hydrogen) atoms. The number of hydrogen-bond acceptors (Lipinski definition) is 20. The number of benzene rings is 6. The Kier molecular flexibility index (Phi) is 23.0. The molecule has 3 fully saturated rings. The zero-order chi connectivity index (χ0) is 75.2. The fourth-order valence-electron chi connectivity index (χ4n) is 12.2. The highest BCUT2D eigenvalue weighted by atomic mass is 19.1. The van der Waals surface area contributed by atoms with Gasteiger partial charge in [0.05, 0.1) is 14.2 Å². The number of anilines is 3. The van der Waals surface area contributed by atoms with Gasteiger partial charge in [-0.2, -0.15) is 9.97 Å². The molecule has 0 saturated carbocycles. The Morgan fingerprint density at radius 3 is 1.08 bits per heavy atom. The lowest BCUT2D eigenvalue weighted by molar-refractivity contribution is -0.133. The molecule has 12 aromatic rings. The van der Waals surface area contributed by atoms with Gasteiger partial charge in [0, 0.05) is 142 Å². The van der Waals surface area contributed by atoms with E-state index in [0.29, 0.717) is 159 Å². The second-order valence-corrected chi connectivity index (χ2v) is 24.9. The van der Waals surface area contributed by atoms with E-state index in [4.69, 9.17) is 9.47 Å². The van der Waals surface area contributed by atoms with Crippen LogP contribution in [0.2, 0.25) is 0 Å². The molecule has 3 aliphatic rings. The number of nitrogens with zero attached hydrogens (tertiary/aromatic N) is 21. The maximum absolute atomic E-state index is 13.5. The van der Waals surface area contributed by atoms with Crippen molar-refractivity contribution in [1.82, 2.24) is 88.9 Å². The molecule has 3 aliphatic heterocycles. The van der Waals surface area contributed by atoms with E-state index >= 15 is 0 Å². The number of carbonyl (C=O) groups excluding carboxylic acids is 3. The number of amides is 3. The van der Waals surface area contributed by atoms with E-state index < -0.39 is 0 Å². The largest absolute Gasteiger partial charge is 0.481 e. The van der Waals surface area contributed by atoms with Crippen LogP contribution in [0.4, 0.5) is 43.8 Å². The van der Waals surface area contributed by atoms with Crippen LogP contribution in [0.1, 0.15) is 12.6 Å². The fraction of sp³-hybridized carbons (Fsp3) is 0.250. The number of aromatic nitrogens is 15. The summed E-state index contributed by atoms with van der Waals surface area (Å²) in [5.74, 6) is 1.72. The predicted molar refractivity (Wildman–Crippen MR) is 387 cm³/mol. The highest BCUT2D eigenvalue weighted by Gasteiger charge is 2.29. The monoisotopic (exact) mass is 1470 g/mol. The van der Waals surface area contributed by atoms with E-state index in [-0.39, 0.29) is 78.3 Å². The summed E-state index contributed by atoms with van der Waals surface area (Å²) >= 11 is 0. The van der Waals surface area contributed by atoms with Crippen molar-refractivity contribution in [3.63, 3.8) is 0 Å². The molecular formula is C76H71F6N21O5. The summed E-state index contributed by atoms with van der Waals surface area (Å²) in [5.41, 5.74) is 5.68. The Bertz CT molecular complexity index is 4550. The Labute approximate surface area is 615 Å². The lowest BCUT2D eigenvalue weighted by atomic mass is 10.2. The van der Waals surface area contributed by atoms with Gasteiger partial charge in [0.1, 0.15) is 73.0 Å². The van der Waals surface area contributed by atoms with Crippen LogP contribution in [0, 0.1) is 34.9 Å². The summed E-state index contributed by atoms with van der Waals surface area (Å²) in [5, 5.41) is 13.6. The average molecular weight is 1470 g/mol. The quantitative estimate of drug-likeness (QED) is 0.0724. The second-order valence-electron chi connectivity index (χ2n) is 24.9. The van der Waals surface area contributed by atoms with E-state index in [1.807, 2.05) is 23.1 Å². The van der Waals surface area contributed by atoms with Crippen molar-refractivity contribution in [3.8, 4) is 80.2 Å². The smallest absolute Gasteiger partial charge is 0.320 e. The minimum Gasteiger partial charge on any atom is -0.481 e. The molecule has 0 spiro atoms. The molecule has 0 radical (unpaired) electrons. The number of piperazine rings is 3. The topological polar surface area (TPSA) is 259 Å². The van der Waals surface area contributed by atoms with E-state index in [1.165, 1.54) is 100 Å². The number of carbonyl (C=O) groups is 3. The molecule has 32 heteroatoms. The highest BCUT2D eigenvalue weighted by Crippen LogP contribution is 2.29. The van der Waals surface area contributed by atoms with Gasteiger partial charge in [-0.3, -0.25) is 14.4 Å². The van der Waals surface area contributed by atoms with Crippen LogP contribution in [0.15, 0.2) is 183 Å². The predicted octanol–water partition coefficient (Wildman–Crippen LogP) is 9.67. The molecule has 552 valence electrons. The maximum Gasteiger partial charge on any atom is 0.320 e. The average Bonchev–Trinajstić information content (AvgIpc) is 1.67. The van der Waals surface area contributed by atoms with Gasteiger partial charge < -0.3 is 38.9 Å². The molecule has 15 rings (SSSR count). The molecule has 9 heterocycles. The molecule has 0 atom stereocenters. The number of hydrogen-bond donors (Lipinski definition) is 0. The third kappa shape index (κ3) is 18.0. The van der Waals surface area contributed by atoms with E-state index in [9.17, 15) is 40.7 Å². The van der Waals surface area contributed by atoms with Crippen molar-refractivity contribution < 1.29 is 50.2 Å². The molecule has 6 aromatic carbocycles. The van der Waals surface area contributed by atoms with Crippen LogP contribution in [0.25, 0.3) is 68.3 Å². The van der Waals surface area contributed by atoms with E-state index in [0.717, 1.165) is 23.6 Å². The molecule has 6 aromatic heterocycles. The van der Waals surface area contributed by atoms with Crippen LogP contribution < -0.4 is 24.2 Å². The normalized spacial score (nSPS) is 13.7. The zero-order valence-electron chi connectivity index (χ0n) is 58.8. The summed E-state index contributed by atoms with van der Waals surface area (Å²) in [6.45, 7) is 8.84. The molecule has 26 nitrogen and oxygen atoms in total. The van der Waals surface area contributed by atoms with Gasteiger partial charge in [-0.15, -0.1) is 15.3 Å². The molecule has 0 bridgehead atoms. The van der Waals surface area contributed by atoms with Crippen molar-refractivity contribution in [3.05, 3.63) is 223 Å². The lowest BCUT2D eigenvalue weighted by Crippen LogP contribution is -2.50. The Balaban J connectivity index is 0.000000143. The SMILES string of the molecule is CCc1cc(N2CCN(C(=O)Cn3nc(-c4ccc(F)cc4)nc3-c3ccc(F)cc3)CC2)ncn1.COc1cc(N2CCN(C(=O)Cn3nc(-c4ccc(F)cc4)nc3-c3ccc(F)cc3)CC2)ccn1.COc1ncnc(N2CCN(C(=O)Cn3nc(-c4ccc(F)cc4)nc3-c3ccc(F)cc3)CC2)n1. The second kappa shape index (κ2) is 33.8. The van der Waals surface area contributed by atoms with Crippen LogP contribution >= 0.6 is 0 Å². The van der Waals surface area contributed by atoms with Crippen molar-refractivity contribution in [2.24, 2.45) is 0 Å². The molecular weight excluding hydrogens is 1400 g/mol. The third-order valence-electron chi connectivity index (χ3n) is 18.1. The van der Waals surface area contributed by atoms with Gasteiger partial charge in [-0.1, -0.05) is 6.92 Å². The first-order valence-corrected chi connectivity index (χ1v) is 34.5. The fourth-order valence-corrected chi connectivity index (χ4v) is 12.2.